The molecule has 1 aromatic carbocycles. The standard InChI is InChI=1S/C18H26O5/c1-22-12-23-17-8-3-2-6-14(17)10-9-13-5-4-7-15(19)18(21)16(20)11-13/h2-3,6,8,13,16,18,20-21H,4-5,7,9-12H2,1H3. The summed E-state index contributed by atoms with van der Waals surface area (Å²) in [6, 6.07) is 7.85. The Balaban J connectivity index is 1.93. The summed E-state index contributed by atoms with van der Waals surface area (Å²) in [5.41, 5.74) is 1.11. The first kappa shape index (κ1) is 17.9. The van der Waals surface area contributed by atoms with Crippen molar-refractivity contribution in [2.24, 2.45) is 5.92 Å². The van der Waals surface area contributed by atoms with Gasteiger partial charge in [-0.3, -0.25) is 4.79 Å². The molecular weight excluding hydrogens is 296 g/mol. The molecule has 0 radical (unpaired) electrons. The highest BCUT2D eigenvalue weighted by molar-refractivity contribution is 5.83. The molecule has 1 saturated carbocycles. The number of ketones is 1. The molecule has 23 heavy (non-hydrogen) atoms. The second-order valence-electron chi connectivity index (χ2n) is 6.17. The number of ether oxygens (including phenoxy) is 2. The maximum Gasteiger partial charge on any atom is 0.188 e. The number of benzene rings is 1. The van der Waals surface area contributed by atoms with Gasteiger partial charge < -0.3 is 19.7 Å². The quantitative estimate of drug-likeness (QED) is 0.784. The maximum atomic E-state index is 11.6. The summed E-state index contributed by atoms with van der Waals surface area (Å²) >= 11 is 0. The monoisotopic (exact) mass is 322 g/mol. The lowest BCUT2D eigenvalue weighted by Gasteiger charge is -2.26. The molecule has 0 aliphatic heterocycles. The number of aryl methyl sites for hydroxylation is 1. The molecule has 0 heterocycles. The molecule has 1 aliphatic rings. The van der Waals surface area contributed by atoms with Crippen LogP contribution in [0.25, 0.3) is 0 Å². The van der Waals surface area contributed by atoms with E-state index in [2.05, 4.69) is 0 Å². The van der Waals surface area contributed by atoms with Crippen LogP contribution in [0.2, 0.25) is 0 Å². The molecule has 0 aromatic heterocycles. The van der Waals surface area contributed by atoms with Gasteiger partial charge in [0.2, 0.25) is 0 Å². The van der Waals surface area contributed by atoms with Gasteiger partial charge in [-0.05, 0) is 49.7 Å². The Hall–Kier alpha value is -1.43. The molecule has 0 spiro atoms. The van der Waals surface area contributed by atoms with E-state index in [-0.39, 0.29) is 12.6 Å². The Bertz CT molecular complexity index is 502. The van der Waals surface area contributed by atoms with E-state index in [0.717, 1.165) is 37.0 Å². The highest BCUT2D eigenvalue weighted by Crippen LogP contribution is 2.28. The number of carbonyl (C=O) groups is 1. The minimum absolute atomic E-state index is 0.216. The third-order valence-corrected chi connectivity index (χ3v) is 4.43. The van der Waals surface area contributed by atoms with Crippen LogP contribution in [0.5, 0.6) is 5.75 Å². The summed E-state index contributed by atoms with van der Waals surface area (Å²) in [5.74, 6) is 0.869. The molecule has 5 heteroatoms. The lowest BCUT2D eigenvalue weighted by molar-refractivity contribution is -0.134. The van der Waals surface area contributed by atoms with Crippen molar-refractivity contribution in [3.63, 3.8) is 0 Å². The highest BCUT2D eigenvalue weighted by atomic mass is 16.7. The molecule has 0 saturated heterocycles. The lowest BCUT2D eigenvalue weighted by Crippen LogP contribution is -2.37. The van der Waals surface area contributed by atoms with Crippen molar-refractivity contribution in [2.75, 3.05) is 13.9 Å². The molecule has 2 N–H and O–H groups in total. The Labute approximate surface area is 137 Å². The lowest BCUT2D eigenvalue weighted by atomic mass is 9.84. The number of methoxy groups -OCH3 is 1. The van der Waals surface area contributed by atoms with Crippen molar-refractivity contribution in [3.8, 4) is 5.75 Å². The summed E-state index contributed by atoms with van der Waals surface area (Å²) < 4.78 is 10.5. The number of rotatable bonds is 6. The minimum Gasteiger partial charge on any atom is -0.467 e. The molecule has 1 aromatic rings. The highest BCUT2D eigenvalue weighted by Gasteiger charge is 2.29. The topological polar surface area (TPSA) is 76.0 Å². The summed E-state index contributed by atoms with van der Waals surface area (Å²) in [4.78, 5) is 11.6. The fraction of sp³-hybridized carbons (Fsp3) is 0.611. The van der Waals surface area contributed by atoms with Crippen molar-refractivity contribution < 1.29 is 24.5 Å². The van der Waals surface area contributed by atoms with Crippen LogP contribution < -0.4 is 4.74 Å². The van der Waals surface area contributed by atoms with Gasteiger partial charge in [-0.15, -0.1) is 0 Å². The van der Waals surface area contributed by atoms with Gasteiger partial charge in [0.05, 0.1) is 6.10 Å². The van der Waals surface area contributed by atoms with E-state index < -0.39 is 12.2 Å². The van der Waals surface area contributed by atoms with Crippen LogP contribution in [0, 0.1) is 5.92 Å². The Morgan fingerprint density at radius 2 is 2.04 bits per heavy atom. The van der Waals surface area contributed by atoms with Gasteiger partial charge >= 0.3 is 0 Å². The zero-order chi connectivity index (χ0) is 16.7. The average Bonchev–Trinajstić information content (AvgIpc) is 2.56. The average molecular weight is 322 g/mol. The number of hydrogen-bond donors (Lipinski definition) is 2. The molecule has 3 atom stereocenters. The normalized spacial score (nSPS) is 25.7. The predicted octanol–water partition coefficient (Wildman–Crippen LogP) is 2.08. The fourth-order valence-electron chi connectivity index (χ4n) is 3.11. The molecule has 0 bridgehead atoms. The van der Waals surface area contributed by atoms with Gasteiger partial charge in [0, 0.05) is 13.5 Å². The van der Waals surface area contributed by atoms with Crippen molar-refractivity contribution in [3.05, 3.63) is 29.8 Å². The summed E-state index contributed by atoms with van der Waals surface area (Å²) in [5, 5.41) is 19.7. The van der Waals surface area contributed by atoms with Gasteiger partial charge in [-0.25, -0.2) is 0 Å². The minimum atomic E-state index is -1.23. The van der Waals surface area contributed by atoms with E-state index in [1.165, 1.54) is 0 Å². The third kappa shape index (κ3) is 5.30. The molecular formula is C18H26O5. The van der Waals surface area contributed by atoms with Crippen LogP contribution in [-0.2, 0) is 16.0 Å². The van der Waals surface area contributed by atoms with Crippen LogP contribution in [0.4, 0.5) is 0 Å². The fourth-order valence-corrected chi connectivity index (χ4v) is 3.11. The van der Waals surface area contributed by atoms with Crippen LogP contribution in [-0.4, -0.2) is 42.1 Å². The zero-order valence-corrected chi connectivity index (χ0v) is 13.6. The molecule has 1 aliphatic carbocycles. The van der Waals surface area contributed by atoms with Crippen LogP contribution >= 0.6 is 0 Å². The first-order valence-corrected chi connectivity index (χ1v) is 8.20. The molecule has 5 nitrogen and oxygen atoms in total. The van der Waals surface area contributed by atoms with Crippen LogP contribution in [0.15, 0.2) is 24.3 Å². The Morgan fingerprint density at radius 1 is 1.26 bits per heavy atom. The second kappa shape index (κ2) is 9.01. The van der Waals surface area contributed by atoms with Crippen LogP contribution in [0.1, 0.15) is 37.7 Å². The predicted molar refractivity (Wildman–Crippen MR) is 86.2 cm³/mol. The number of carbonyl (C=O) groups excluding carboxylic acids is 1. The van der Waals surface area contributed by atoms with Crippen molar-refractivity contribution >= 4 is 5.78 Å². The maximum absolute atomic E-state index is 11.6. The van der Waals surface area contributed by atoms with Gasteiger partial charge in [-0.1, -0.05) is 18.2 Å². The largest absolute Gasteiger partial charge is 0.467 e. The first-order chi connectivity index (χ1) is 11.1. The van der Waals surface area contributed by atoms with Crippen LogP contribution in [0.3, 0.4) is 0 Å². The van der Waals surface area contributed by atoms with E-state index in [0.29, 0.717) is 18.8 Å². The van der Waals surface area contributed by atoms with E-state index in [4.69, 9.17) is 9.47 Å². The van der Waals surface area contributed by atoms with E-state index in [1.807, 2.05) is 24.3 Å². The van der Waals surface area contributed by atoms with Crippen molar-refractivity contribution in [2.45, 2.75) is 50.7 Å². The van der Waals surface area contributed by atoms with E-state index in [1.54, 1.807) is 7.11 Å². The summed E-state index contributed by atoms with van der Waals surface area (Å²) in [7, 11) is 1.59. The number of aliphatic hydroxyl groups excluding tert-OH is 2. The smallest absolute Gasteiger partial charge is 0.188 e. The number of hydrogen-bond acceptors (Lipinski definition) is 5. The Kier molecular flexibility index (Phi) is 7.02. The summed E-state index contributed by atoms with van der Waals surface area (Å²) in [6.45, 7) is 0.216. The number of Topliss-reactive ketones (excluding diaryl/α,β-unsaturated/α-hetero) is 1. The molecule has 3 unspecified atom stereocenters. The SMILES string of the molecule is COCOc1ccccc1CCC1CCCC(=O)C(O)C(O)C1. The molecule has 0 amide bonds. The van der Waals surface area contributed by atoms with E-state index >= 15 is 0 Å². The number of aliphatic hydroxyl groups is 2. The second-order valence-corrected chi connectivity index (χ2v) is 6.17. The van der Waals surface area contributed by atoms with Crippen molar-refractivity contribution in [1.82, 2.24) is 0 Å². The van der Waals surface area contributed by atoms with Gasteiger partial charge in [-0.2, -0.15) is 0 Å². The van der Waals surface area contributed by atoms with Gasteiger partial charge in [0.15, 0.2) is 12.6 Å². The molecule has 1 fully saturated rings. The molecule has 2 rings (SSSR count). The van der Waals surface area contributed by atoms with Gasteiger partial charge in [0.25, 0.3) is 0 Å². The zero-order valence-electron chi connectivity index (χ0n) is 13.6. The summed E-state index contributed by atoms with van der Waals surface area (Å²) in [6.07, 6.45) is 2.04. The number of para-hydroxylation sites is 1. The first-order valence-electron chi connectivity index (χ1n) is 8.20. The van der Waals surface area contributed by atoms with Crippen molar-refractivity contribution in [1.29, 1.82) is 0 Å². The van der Waals surface area contributed by atoms with Gasteiger partial charge in [0.1, 0.15) is 11.9 Å². The van der Waals surface area contributed by atoms with E-state index in [9.17, 15) is 15.0 Å². The third-order valence-electron chi connectivity index (χ3n) is 4.43. The Morgan fingerprint density at radius 3 is 2.83 bits per heavy atom. The molecule has 128 valence electrons.